The van der Waals surface area contributed by atoms with Crippen molar-refractivity contribution in [2.75, 3.05) is 37.6 Å². The van der Waals surface area contributed by atoms with Crippen molar-refractivity contribution < 1.29 is 31.9 Å². The molecule has 288 valence electrons. The first-order chi connectivity index (χ1) is 26.3. The number of ether oxygens (including phenoxy) is 1. The van der Waals surface area contributed by atoms with Crippen molar-refractivity contribution in [1.82, 2.24) is 34.9 Å². The highest BCUT2D eigenvalue weighted by Crippen LogP contribution is 2.43. The van der Waals surface area contributed by atoms with Gasteiger partial charge in [0.2, 0.25) is 11.8 Å². The fourth-order valence-electron chi connectivity index (χ4n) is 8.21. The summed E-state index contributed by atoms with van der Waals surface area (Å²) >= 11 is 6.50. The molecule has 2 atom stereocenters. The zero-order chi connectivity index (χ0) is 38.6. The van der Waals surface area contributed by atoms with Crippen molar-refractivity contribution in [3.63, 3.8) is 0 Å². The van der Waals surface area contributed by atoms with Crippen LogP contribution in [0.25, 0.3) is 22.6 Å². The van der Waals surface area contributed by atoms with E-state index in [0.29, 0.717) is 73.1 Å². The van der Waals surface area contributed by atoms with Crippen molar-refractivity contribution >= 4 is 40.3 Å². The van der Waals surface area contributed by atoms with Crippen LogP contribution in [0.15, 0.2) is 48.8 Å². The fraction of sp³-hybridized carbons (Fsp3) is 0.410. The molecule has 0 aliphatic carbocycles. The molecular formula is C39H39ClF4N8O3. The third kappa shape index (κ3) is 7.27. The molecule has 55 heavy (non-hydrogen) atoms. The van der Waals surface area contributed by atoms with Gasteiger partial charge in [0.25, 0.3) is 5.92 Å². The van der Waals surface area contributed by atoms with Crippen LogP contribution < -0.4 is 15.0 Å². The number of nitrogens with one attached hydrogen (secondary N) is 2. The lowest BCUT2D eigenvalue weighted by Gasteiger charge is -2.41. The number of likely N-dealkylation sites (tertiary alicyclic amines) is 1. The van der Waals surface area contributed by atoms with E-state index in [-0.39, 0.29) is 48.0 Å². The highest BCUT2D eigenvalue weighted by Gasteiger charge is 2.45. The zero-order valence-electron chi connectivity index (χ0n) is 30.2. The van der Waals surface area contributed by atoms with Gasteiger partial charge in [0, 0.05) is 44.9 Å². The highest BCUT2D eigenvalue weighted by molar-refractivity contribution is 6.32. The van der Waals surface area contributed by atoms with Crippen LogP contribution >= 0.6 is 11.6 Å². The molecule has 1 unspecified atom stereocenters. The number of carbonyl (C=O) groups excluding carboxylic acids is 2. The first-order valence-electron chi connectivity index (χ1n) is 18.3. The molecule has 3 fully saturated rings. The van der Waals surface area contributed by atoms with Crippen LogP contribution in [-0.2, 0) is 16.6 Å². The van der Waals surface area contributed by atoms with Gasteiger partial charge in [0.15, 0.2) is 23.0 Å². The van der Waals surface area contributed by atoms with E-state index in [1.54, 1.807) is 33.8 Å². The Morgan fingerprint density at radius 3 is 2.45 bits per heavy atom. The molecule has 2 N–H and O–H groups in total. The van der Waals surface area contributed by atoms with E-state index in [0.717, 1.165) is 11.3 Å². The number of aromatic amines is 1. The van der Waals surface area contributed by atoms with Gasteiger partial charge >= 0.3 is 0 Å². The van der Waals surface area contributed by atoms with Crippen molar-refractivity contribution in [1.29, 1.82) is 0 Å². The maximum atomic E-state index is 15.7. The van der Waals surface area contributed by atoms with Crippen molar-refractivity contribution in [3.8, 4) is 22.9 Å². The number of halogens is 5. The number of alkyl halides is 2. The molecule has 3 saturated heterocycles. The minimum absolute atomic E-state index is 0.0632. The number of aryl methyl sites for hydroxylation is 2. The molecular weight excluding hydrogens is 740 g/mol. The number of H-pyrrole nitrogens is 1. The lowest BCUT2D eigenvalue weighted by Crippen LogP contribution is -2.49. The first kappa shape index (κ1) is 36.9. The lowest BCUT2D eigenvalue weighted by molar-refractivity contribution is -0.134. The van der Waals surface area contributed by atoms with Gasteiger partial charge in [-0.3, -0.25) is 24.5 Å². The number of rotatable bonds is 8. The van der Waals surface area contributed by atoms with Gasteiger partial charge in [0.1, 0.15) is 22.1 Å². The molecule has 2 aromatic carbocycles. The molecule has 0 bridgehead atoms. The number of amides is 2. The number of nitrogens with zero attached hydrogens (tertiary/aromatic N) is 6. The summed E-state index contributed by atoms with van der Waals surface area (Å²) in [5.41, 5.74) is 3.08. The van der Waals surface area contributed by atoms with Gasteiger partial charge in [-0.1, -0.05) is 29.8 Å². The van der Waals surface area contributed by atoms with Crippen LogP contribution in [-0.4, -0.2) is 80.1 Å². The Morgan fingerprint density at radius 2 is 1.76 bits per heavy atom. The molecule has 0 radical (unpaired) electrons. The van der Waals surface area contributed by atoms with Crippen molar-refractivity contribution in [3.05, 3.63) is 82.3 Å². The predicted molar refractivity (Wildman–Crippen MR) is 198 cm³/mol. The second kappa shape index (κ2) is 14.6. The topological polar surface area (TPSA) is 121 Å². The van der Waals surface area contributed by atoms with Gasteiger partial charge in [0.05, 0.1) is 41.5 Å². The van der Waals surface area contributed by atoms with Gasteiger partial charge in [-0.25, -0.2) is 27.5 Å². The number of anilines is 1. The summed E-state index contributed by atoms with van der Waals surface area (Å²) in [5.74, 6) is -6.58. The standard InChI is InChI=1S/C39H39ClF4N8O3/c1-21-27(19-50(2)49-21)36-47-34-35(29(40)17-45-37(34)48-36)55-24-5-3-23(4-6-24)28-13-14-51(20-39(28,43)44)18-22-11-15-52(16-12-22)30-9-7-25(32(41)33(30)42)26-8-10-31(53)46-38(26)54/h3-7,9,17,19,22,26,28H,8,10-16,18,20H2,1-2H3,(H,45,47,48)(H,46,53,54)/t26-,28?/m1/s1. The minimum Gasteiger partial charge on any atom is -0.453 e. The number of pyridine rings is 1. The number of benzene rings is 2. The molecule has 3 aromatic heterocycles. The SMILES string of the molecule is Cc1nn(C)cc1-c1nc2ncc(Cl)c(Oc3ccc(C4CCN(CC5CCN(c6ccc([C@H]7CCC(=O)NC7=O)c(F)c6F)CC5)CC4(F)F)cc3)c2[nH]1. The molecule has 6 heterocycles. The molecule has 3 aliphatic rings. The summed E-state index contributed by atoms with van der Waals surface area (Å²) in [6.45, 7) is 3.39. The molecule has 11 nitrogen and oxygen atoms in total. The first-order valence-corrected chi connectivity index (χ1v) is 18.7. The van der Waals surface area contributed by atoms with E-state index < -0.39 is 41.2 Å². The van der Waals surface area contributed by atoms with Crippen LogP contribution in [0.2, 0.25) is 5.02 Å². The highest BCUT2D eigenvalue weighted by atomic mass is 35.5. The molecule has 5 aromatic rings. The Labute approximate surface area is 319 Å². The van der Waals surface area contributed by atoms with Gasteiger partial charge in [-0.05, 0) is 68.8 Å². The van der Waals surface area contributed by atoms with E-state index in [1.165, 1.54) is 18.3 Å². The number of hydrogen-bond acceptors (Lipinski definition) is 8. The molecule has 0 spiro atoms. The Kier molecular flexibility index (Phi) is 9.78. The largest absolute Gasteiger partial charge is 0.453 e. The number of hydrogen-bond donors (Lipinski definition) is 2. The van der Waals surface area contributed by atoms with Gasteiger partial charge in [-0.15, -0.1) is 0 Å². The predicted octanol–water partition coefficient (Wildman–Crippen LogP) is 7.25. The average molecular weight is 779 g/mol. The summed E-state index contributed by atoms with van der Waals surface area (Å²) in [6.07, 6.45) is 5.04. The van der Waals surface area contributed by atoms with Gasteiger partial charge in [-0.2, -0.15) is 5.10 Å². The number of imidazole rings is 1. The Bertz CT molecular complexity index is 2270. The normalized spacial score (nSPS) is 21.0. The minimum atomic E-state index is -2.97. The number of imide groups is 1. The number of aromatic nitrogens is 5. The van der Waals surface area contributed by atoms with Gasteiger partial charge < -0.3 is 14.6 Å². The second-order valence-corrected chi connectivity index (χ2v) is 15.2. The van der Waals surface area contributed by atoms with Crippen LogP contribution in [0.4, 0.5) is 23.2 Å². The lowest BCUT2D eigenvalue weighted by atomic mass is 9.85. The number of fused-ring (bicyclic) bond motifs is 1. The molecule has 16 heteroatoms. The molecule has 2 amide bonds. The second-order valence-electron chi connectivity index (χ2n) is 14.8. The zero-order valence-corrected chi connectivity index (χ0v) is 31.0. The number of piperidine rings is 3. The average Bonchev–Trinajstić information content (AvgIpc) is 3.73. The summed E-state index contributed by atoms with van der Waals surface area (Å²) < 4.78 is 69.8. The fourth-order valence-corrected chi connectivity index (χ4v) is 8.39. The van der Waals surface area contributed by atoms with Crippen LogP contribution in [0, 0.1) is 24.5 Å². The van der Waals surface area contributed by atoms with Crippen LogP contribution in [0.3, 0.4) is 0 Å². The molecule has 0 saturated carbocycles. The third-order valence-electron chi connectivity index (χ3n) is 11.1. The van der Waals surface area contributed by atoms with E-state index in [1.807, 2.05) is 25.1 Å². The summed E-state index contributed by atoms with van der Waals surface area (Å²) in [5, 5.41) is 6.82. The smallest absolute Gasteiger partial charge is 0.267 e. The summed E-state index contributed by atoms with van der Waals surface area (Å²) in [7, 11) is 1.82. The maximum absolute atomic E-state index is 15.7. The molecule has 3 aliphatic heterocycles. The van der Waals surface area contributed by atoms with Crippen molar-refractivity contribution in [2.45, 2.75) is 56.8 Å². The maximum Gasteiger partial charge on any atom is 0.267 e. The third-order valence-corrected chi connectivity index (χ3v) is 11.3. The summed E-state index contributed by atoms with van der Waals surface area (Å²) in [4.78, 5) is 39.5. The van der Waals surface area contributed by atoms with E-state index in [2.05, 4.69) is 25.4 Å². The van der Waals surface area contributed by atoms with Crippen LogP contribution in [0.1, 0.15) is 60.8 Å². The Morgan fingerprint density at radius 1 is 1.00 bits per heavy atom. The Balaban J connectivity index is 0.869. The quantitative estimate of drug-likeness (QED) is 0.125. The van der Waals surface area contributed by atoms with Crippen molar-refractivity contribution in [2.24, 2.45) is 13.0 Å². The van der Waals surface area contributed by atoms with E-state index in [9.17, 15) is 9.59 Å². The Hall–Kier alpha value is -5.02. The molecule has 8 rings (SSSR count). The van der Waals surface area contributed by atoms with E-state index in [4.69, 9.17) is 16.3 Å². The number of carbonyl (C=O) groups is 2. The van der Waals surface area contributed by atoms with Crippen LogP contribution in [0.5, 0.6) is 11.5 Å². The summed E-state index contributed by atoms with van der Waals surface area (Å²) in [6, 6.07) is 9.56. The monoisotopic (exact) mass is 778 g/mol. The van der Waals surface area contributed by atoms with E-state index >= 15 is 17.6 Å².